The quantitative estimate of drug-likeness (QED) is 0.798. The topological polar surface area (TPSA) is 49.2 Å². The highest BCUT2D eigenvalue weighted by Crippen LogP contribution is 2.18. The first-order chi connectivity index (χ1) is 7.84. The fraction of sp³-hybridized carbons (Fsp3) is 0.417. The molecule has 84 valence electrons. The lowest BCUT2D eigenvalue weighted by molar-refractivity contribution is 0.0719. The van der Waals surface area contributed by atoms with E-state index in [1.165, 1.54) is 6.42 Å². The van der Waals surface area contributed by atoms with Gasteiger partial charge in [0.1, 0.15) is 5.69 Å². The molecule has 3 rings (SSSR count). The lowest BCUT2D eigenvalue weighted by Gasteiger charge is -2.26. The molecule has 2 aromatic heterocycles. The first-order valence-electron chi connectivity index (χ1n) is 5.70. The summed E-state index contributed by atoms with van der Waals surface area (Å²) >= 11 is 0. The zero-order chi connectivity index (χ0) is 11.0. The Kier molecular flexibility index (Phi) is 2.20. The fourth-order valence-electron chi connectivity index (χ4n) is 2.23. The van der Waals surface area contributed by atoms with Gasteiger partial charge in [0.25, 0.3) is 5.91 Å². The molecule has 0 unspecified atom stereocenters. The standard InChI is InChI=1S/C12H14N2O2/c15-12(14-5-2-1-3-6-14)10-8-11-9(13-10)4-7-16-11/h4,7-8,13H,1-3,5-6H2. The van der Waals surface area contributed by atoms with E-state index in [1.54, 1.807) is 12.3 Å². The van der Waals surface area contributed by atoms with E-state index in [0.29, 0.717) is 5.69 Å². The maximum Gasteiger partial charge on any atom is 0.270 e. The van der Waals surface area contributed by atoms with Gasteiger partial charge >= 0.3 is 0 Å². The molecule has 0 bridgehead atoms. The zero-order valence-corrected chi connectivity index (χ0v) is 9.03. The van der Waals surface area contributed by atoms with Crippen LogP contribution in [0.1, 0.15) is 29.8 Å². The van der Waals surface area contributed by atoms with Crippen LogP contribution >= 0.6 is 0 Å². The van der Waals surface area contributed by atoms with Crippen molar-refractivity contribution in [2.75, 3.05) is 13.1 Å². The van der Waals surface area contributed by atoms with Crippen LogP contribution in [0, 0.1) is 0 Å². The number of furan rings is 1. The molecular formula is C12H14N2O2. The predicted octanol–water partition coefficient (Wildman–Crippen LogP) is 2.39. The van der Waals surface area contributed by atoms with Crippen molar-refractivity contribution in [1.82, 2.24) is 9.88 Å². The number of hydrogen-bond acceptors (Lipinski definition) is 2. The Bertz CT molecular complexity index is 477. The van der Waals surface area contributed by atoms with E-state index in [0.717, 1.165) is 37.0 Å². The minimum atomic E-state index is 0.0890. The molecule has 1 N–H and O–H groups in total. The second-order valence-corrected chi connectivity index (χ2v) is 4.23. The zero-order valence-electron chi connectivity index (χ0n) is 9.03. The van der Waals surface area contributed by atoms with Crippen LogP contribution in [0.5, 0.6) is 0 Å². The summed E-state index contributed by atoms with van der Waals surface area (Å²) in [7, 11) is 0. The van der Waals surface area contributed by atoms with Crippen LogP contribution in [0.3, 0.4) is 0 Å². The van der Waals surface area contributed by atoms with Crippen molar-refractivity contribution in [3.63, 3.8) is 0 Å². The summed E-state index contributed by atoms with van der Waals surface area (Å²) in [6.07, 6.45) is 5.08. The van der Waals surface area contributed by atoms with Crippen LogP contribution in [-0.2, 0) is 0 Å². The Morgan fingerprint density at radius 1 is 1.31 bits per heavy atom. The Balaban J connectivity index is 1.86. The smallest absolute Gasteiger partial charge is 0.270 e. The second kappa shape index (κ2) is 3.70. The van der Waals surface area contributed by atoms with E-state index in [1.807, 2.05) is 11.0 Å². The molecule has 1 fully saturated rings. The highest BCUT2D eigenvalue weighted by Gasteiger charge is 2.20. The molecule has 1 aliphatic rings. The summed E-state index contributed by atoms with van der Waals surface area (Å²) in [5.41, 5.74) is 2.27. The van der Waals surface area contributed by atoms with Crippen LogP contribution in [0.15, 0.2) is 22.8 Å². The minimum absolute atomic E-state index is 0.0890. The summed E-state index contributed by atoms with van der Waals surface area (Å²) in [6, 6.07) is 3.62. The second-order valence-electron chi connectivity index (χ2n) is 4.23. The van der Waals surface area contributed by atoms with Crippen LogP contribution in [-0.4, -0.2) is 28.9 Å². The van der Waals surface area contributed by atoms with Crippen molar-refractivity contribution in [2.45, 2.75) is 19.3 Å². The SMILES string of the molecule is O=C(c1cc2occc2[nH]1)N1CCCCC1. The number of amides is 1. The molecule has 0 aliphatic carbocycles. The van der Waals surface area contributed by atoms with Gasteiger partial charge in [-0.1, -0.05) is 0 Å². The molecule has 3 heterocycles. The van der Waals surface area contributed by atoms with Crippen molar-refractivity contribution < 1.29 is 9.21 Å². The molecular weight excluding hydrogens is 204 g/mol. The summed E-state index contributed by atoms with van der Waals surface area (Å²) in [5.74, 6) is 0.0890. The summed E-state index contributed by atoms with van der Waals surface area (Å²) < 4.78 is 5.23. The van der Waals surface area contributed by atoms with Gasteiger partial charge in [-0.15, -0.1) is 0 Å². The van der Waals surface area contributed by atoms with Gasteiger partial charge in [-0.2, -0.15) is 0 Å². The molecule has 0 radical (unpaired) electrons. The molecule has 0 saturated carbocycles. The third-order valence-electron chi connectivity index (χ3n) is 3.11. The number of nitrogens with zero attached hydrogens (tertiary/aromatic N) is 1. The number of fused-ring (bicyclic) bond motifs is 1. The summed E-state index contributed by atoms with van der Waals surface area (Å²) in [6.45, 7) is 1.75. The van der Waals surface area contributed by atoms with Crippen LogP contribution in [0.4, 0.5) is 0 Å². The van der Waals surface area contributed by atoms with E-state index < -0.39 is 0 Å². The molecule has 0 spiro atoms. The maximum absolute atomic E-state index is 12.1. The van der Waals surface area contributed by atoms with E-state index in [-0.39, 0.29) is 5.91 Å². The molecule has 1 saturated heterocycles. The number of rotatable bonds is 1. The molecule has 0 aromatic carbocycles. The third-order valence-corrected chi connectivity index (χ3v) is 3.11. The average molecular weight is 218 g/mol. The molecule has 0 atom stereocenters. The molecule has 1 aliphatic heterocycles. The molecule has 4 heteroatoms. The summed E-state index contributed by atoms with van der Waals surface area (Å²) in [5, 5.41) is 0. The number of carbonyl (C=O) groups excluding carboxylic acids is 1. The molecule has 2 aromatic rings. The normalized spacial score (nSPS) is 16.9. The Morgan fingerprint density at radius 3 is 2.88 bits per heavy atom. The highest BCUT2D eigenvalue weighted by atomic mass is 16.3. The van der Waals surface area contributed by atoms with Crippen molar-refractivity contribution in [2.24, 2.45) is 0 Å². The first-order valence-corrected chi connectivity index (χ1v) is 5.70. The highest BCUT2D eigenvalue weighted by molar-refractivity contribution is 5.96. The number of H-pyrrole nitrogens is 1. The van der Waals surface area contributed by atoms with Crippen molar-refractivity contribution in [3.05, 3.63) is 24.1 Å². The van der Waals surface area contributed by atoms with Gasteiger partial charge in [0, 0.05) is 25.2 Å². The number of piperidine rings is 1. The number of likely N-dealkylation sites (tertiary alicyclic amines) is 1. The monoisotopic (exact) mass is 218 g/mol. The first kappa shape index (κ1) is 9.51. The van der Waals surface area contributed by atoms with E-state index in [9.17, 15) is 4.79 Å². The average Bonchev–Trinajstić information content (AvgIpc) is 2.89. The van der Waals surface area contributed by atoms with Gasteiger partial charge in [-0.25, -0.2) is 0 Å². The molecule has 4 nitrogen and oxygen atoms in total. The maximum atomic E-state index is 12.1. The molecule has 16 heavy (non-hydrogen) atoms. The number of carbonyl (C=O) groups is 1. The Hall–Kier alpha value is -1.71. The van der Waals surface area contributed by atoms with E-state index >= 15 is 0 Å². The van der Waals surface area contributed by atoms with Gasteiger partial charge < -0.3 is 14.3 Å². The molecule has 1 amide bonds. The van der Waals surface area contributed by atoms with Crippen LogP contribution in [0.25, 0.3) is 11.1 Å². The van der Waals surface area contributed by atoms with Crippen LogP contribution < -0.4 is 0 Å². The lowest BCUT2D eigenvalue weighted by Crippen LogP contribution is -2.35. The van der Waals surface area contributed by atoms with Gasteiger partial charge in [-0.3, -0.25) is 4.79 Å². The number of hydrogen-bond donors (Lipinski definition) is 1. The largest absolute Gasteiger partial charge is 0.463 e. The van der Waals surface area contributed by atoms with Crippen LogP contribution in [0.2, 0.25) is 0 Å². The number of aromatic amines is 1. The van der Waals surface area contributed by atoms with Gasteiger partial charge in [0.2, 0.25) is 0 Å². The minimum Gasteiger partial charge on any atom is -0.463 e. The predicted molar refractivity (Wildman–Crippen MR) is 60.3 cm³/mol. The van der Waals surface area contributed by atoms with E-state index in [2.05, 4.69) is 4.98 Å². The van der Waals surface area contributed by atoms with Gasteiger partial charge in [-0.05, 0) is 19.3 Å². The van der Waals surface area contributed by atoms with Gasteiger partial charge in [0.05, 0.1) is 11.8 Å². The summed E-state index contributed by atoms with van der Waals surface area (Å²) in [4.78, 5) is 17.1. The third kappa shape index (κ3) is 1.50. The van der Waals surface area contributed by atoms with E-state index in [4.69, 9.17) is 4.42 Å². The van der Waals surface area contributed by atoms with Crippen molar-refractivity contribution >= 4 is 17.0 Å². The van der Waals surface area contributed by atoms with Crippen molar-refractivity contribution in [3.8, 4) is 0 Å². The number of aromatic nitrogens is 1. The lowest BCUT2D eigenvalue weighted by atomic mass is 10.1. The Labute approximate surface area is 93.2 Å². The van der Waals surface area contributed by atoms with Crippen molar-refractivity contribution in [1.29, 1.82) is 0 Å². The number of nitrogens with one attached hydrogen (secondary N) is 1. The van der Waals surface area contributed by atoms with Gasteiger partial charge in [0.15, 0.2) is 5.58 Å². The fourth-order valence-corrected chi connectivity index (χ4v) is 2.23. The Morgan fingerprint density at radius 2 is 2.12 bits per heavy atom.